The first-order chi connectivity index (χ1) is 5.38. The van der Waals surface area contributed by atoms with Crippen LogP contribution in [0, 0.1) is 11.3 Å². The Hall–Kier alpha value is -1.34. The van der Waals surface area contributed by atoms with Crippen molar-refractivity contribution in [2.45, 2.75) is 0 Å². The van der Waals surface area contributed by atoms with Crippen LogP contribution in [0.4, 0.5) is 0 Å². The molecule has 0 aromatic carbocycles. The van der Waals surface area contributed by atoms with Crippen molar-refractivity contribution in [1.29, 1.82) is 5.26 Å². The van der Waals surface area contributed by atoms with Gasteiger partial charge in [-0.2, -0.15) is 5.26 Å². The Labute approximate surface area is 68.6 Å². The second-order valence-electron chi connectivity index (χ2n) is 1.71. The van der Waals surface area contributed by atoms with Gasteiger partial charge in [0.25, 0.3) is 0 Å². The SMILES string of the molecule is CO/C(=C/C#N)c1cncs1. The van der Waals surface area contributed by atoms with Gasteiger partial charge in [-0.15, -0.1) is 11.3 Å². The number of allylic oxidation sites excluding steroid dienone is 1. The van der Waals surface area contributed by atoms with Crippen LogP contribution in [-0.2, 0) is 4.74 Å². The molecule has 11 heavy (non-hydrogen) atoms. The second-order valence-corrected chi connectivity index (χ2v) is 2.59. The van der Waals surface area contributed by atoms with Gasteiger partial charge < -0.3 is 4.74 Å². The molecule has 4 heteroatoms. The van der Waals surface area contributed by atoms with Crippen LogP contribution < -0.4 is 0 Å². The summed E-state index contributed by atoms with van der Waals surface area (Å²) in [5.41, 5.74) is 1.69. The molecule has 1 aromatic heterocycles. The fourth-order valence-electron chi connectivity index (χ4n) is 0.627. The number of nitriles is 1. The average Bonchev–Trinajstić information content (AvgIpc) is 2.52. The number of aromatic nitrogens is 1. The monoisotopic (exact) mass is 166 g/mol. The van der Waals surface area contributed by atoms with E-state index in [1.54, 1.807) is 11.7 Å². The number of rotatable bonds is 2. The number of hydrogen-bond donors (Lipinski definition) is 0. The molecule has 1 rings (SSSR count). The highest BCUT2D eigenvalue weighted by atomic mass is 32.1. The highest BCUT2D eigenvalue weighted by Gasteiger charge is 2.00. The molecule has 1 aromatic rings. The highest BCUT2D eigenvalue weighted by Crippen LogP contribution is 2.17. The molecule has 0 radical (unpaired) electrons. The van der Waals surface area contributed by atoms with Gasteiger partial charge in [0.1, 0.15) is 5.76 Å². The molecular weight excluding hydrogens is 160 g/mol. The Morgan fingerprint density at radius 1 is 1.91 bits per heavy atom. The van der Waals surface area contributed by atoms with Crippen molar-refractivity contribution >= 4 is 17.1 Å². The smallest absolute Gasteiger partial charge is 0.148 e. The van der Waals surface area contributed by atoms with Gasteiger partial charge in [-0.3, -0.25) is 4.98 Å². The van der Waals surface area contributed by atoms with Crippen LogP contribution in [0.3, 0.4) is 0 Å². The lowest BCUT2D eigenvalue weighted by Gasteiger charge is -1.97. The first-order valence-electron chi connectivity index (χ1n) is 2.91. The highest BCUT2D eigenvalue weighted by molar-refractivity contribution is 7.10. The molecule has 0 unspecified atom stereocenters. The molecule has 0 saturated carbocycles. The van der Waals surface area contributed by atoms with E-state index in [1.165, 1.54) is 24.5 Å². The molecule has 3 nitrogen and oxygen atoms in total. The molecule has 56 valence electrons. The van der Waals surface area contributed by atoms with Crippen LogP contribution in [0.25, 0.3) is 5.76 Å². The molecule has 0 saturated heterocycles. The number of nitrogens with zero attached hydrogens (tertiary/aromatic N) is 2. The van der Waals surface area contributed by atoms with Crippen molar-refractivity contribution in [3.63, 3.8) is 0 Å². The summed E-state index contributed by atoms with van der Waals surface area (Å²) >= 11 is 1.44. The molecule has 0 N–H and O–H groups in total. The maximum absolute atomic E-state index is 8.34. The summed E-state index contributed by atoms with van der Waals surface area (Å²) in [6, 6.07) is 1.90. The summed E-state index contributed by atoms with van der Waals surface area (Å²) in [5.74, 6) is 0.565. The van der Waals surface area contributed by atoms with Crippen molar-refractivity contribution in [2.75, 3.05) is 7.11 Å². The van der Waals surface area contributed by atoms with Gasteiger partial charge in [-0.25, -0.2) is 0 Å². The molecule has 1 heterocycles. The second kappa shape index (κ2) is 3.74. The van der Waals surface area contributed by atoms with Gasteiger partial charge in [-0.1, -0.05) is 0 Å². The van der Waals surface area contributed by atoms with E-state index in [-0.39, 0.29) is 0 Å². The predicted molar refractivity (Wildman–Crippen MR) is 42.7 cm³/mol. The van der Waals surface area contributed by atoms with E-state index in [0.29, 0.717) is 5.76 Å². The van der Waals surface area contributed by atoms with Gasteiger partial charge in [-0.05, 0) is 0 Å². The summed E-state index contributed by atoms with van der Waals surface area (Å²) in [5, 5.41) is 8.34. The van der Waals surface area contributed by atoms with E-state index in [1.807, 2.05) is 6.07 Å². The zero-order valence-electron chi connectivity index (χ0n) is 5.94. The first-order valence-corrected chi connectivity index (χ1v) is 3.79. The summed E-state index contributed by atoms with van der Waals surface area (Å²) < 4.78 is 4.94. The zero-order valence-corrected chi connectivity index (χ0v) is 6.76. The molecule has 0 spiro atoms. The zero-order chi connectivity index (χ0) is 8.10. The van der Waals surface area contributed by atoms with E-state index in [0.717, 1.165) is 4.88 Å². The maximum atomic E-state index is 8.34. The summed E-state index contributed by atoms with van der Waals surface area (Å²) in [6.45, 7) is 0. The van der Waals surface area contributed by atoms with Gasteiger partial charge in [0.15, 0.2) is 0 Å². The van der Waals surface area contributed by atoms with E-state index < -0.39 is 0 Å². The van der Waals surface area contributed by atoms with Crippen LogP contribution in [0.5, 0.6) is 0 Å². The third kappa shape index (κ3) is 1.79. The summed E-state index contributed by atoms with van der Waals surface area (Å²) in [7, 11) is 1.53. The quantitative estimate of drug-likeness (QED) is 0.495. The Morgan fingerprint density at radius 2 is 2.73 bits per heavy atom. The molecule has 0 bridgehead atoms. The fourth-order valence-corrected chi connectivity index (χ4v) is 1.24. The van der Waals surface area contributed by atoms with Gasteiger partial charge >= 0.3 is 0 Å². The van der Waals surface area contributed by atoms with Gasteiger partial charge in [0.2, 0.25) is 0 Å². The number of hydrogen-bond acceptors (Lipinski definition) is 4. The van der Waals surface area contributed by atoms with Crippen LogP contribution in [0.15, 0.2) is 17.8 Å². The third-order valence-corrected chi connectivity index (χ3v) is 1.88. The Kier molecular flexibility index (Phi) is 2.64. The number of ether oxygens (including phenoxy) is 1. The van der Waals surface area contributed by atoms with Gasteiger partial charge in [0, 0.05) is 6.20 Å². The summed E-state index contributed by atoms with van der Waals surface area (Å²) in [6.07, 6.45) is 3.02. The minimum absolute atomic E-state index is 0.565. The Balaban J connectivity index is 2.91. The topological polar surface area (TPSA) is 45.9 Å². The van der Waals surface area contributed by atoms with E-state index in [2.05, 4.69) is 4.98 Å². The standard InChI is InChI=1S/C7H6N2OS/c1-10-6(2-3-8)7-4-9-5-11-7/h2,4-5H,1H3/b6-2+. The molecule has 0 atom stereocenters. The molecule has 0 amide bonds. The van der Waals surface area contributed by atoms with E-state index in [4.69, 9.17) is 10.00 Å². The lowest BCUT2D eigenvalue weighted by molar-refractivity contribution is 0.371. The minimum Gasteiger partial charge on any atom is -0.494 e. The molecule has 0 fully saturated rings. The average molecular weight is 166 g/mol. The fraction of sp³-hybridized carbons (Fsp3) is 0.143. The van der Waals surface area contributed by atoms with Crippen molar-refractivity contribution in [3.05, 3.63) is 22.7 Å². The van der Waals surface area contributed by atoms with E-state index >= 15 is 0 Å². The van der Waals surface area contributed by atoms with Crippen molar-refractivity contribution in [1.82, 2.24) is 4.98 Å². The summed E-state index contributed by atoms with van der Waals surface area (Å²) in [4.78, 5) is 4.73. The first kappa shape index (κ1) is 7.76. The van der Waals surface area contributed by atoms with E-state index in [9.17, 15) is 0 Å². The van der Waals surface area contributed by atoms with Crippen molar-refractivity contribution in [2.24, 2.45) is 0 Å². The normalized spacial score (nSPS) is 10.7. The van der Waals surface area contributed by atoms with Gasteiger partial charge in [0.05, 0.1) is 29.6 Å². The Bertz CT molecular complexity index is 284. The van der Waals surface area contributed by atoms with Crippen LogP contribution in [0.2, 0.25) is 0 Å². The van der Waals surface area contributed by atoms with Crippen LogP contribution in [0.1, 0.15) is 4.88 Å². The number of methoxy groups -OCH3 is 1. The molecule has 0 aliphatic rings. The Morgan fingerprint density at radius 3 is 3.18 bits per heavy atom. The lowest BCUT2D eigenvalue weighted by atomic mass is 10.4. The lowest BCUT2D eigenvalue weighted by Crippen LogP contribution is -1.81. The molecule has 0 aliphatic carbocycles. The maximum Gasteiger partial charge on any atom is 0.148 e. The van der Waals surface area contributed by atoms with Crippen LogP contribution >= 0.6 is 11.3 Å². The minimum atomic E-state index is 0.565. The molecular formula is C7H6N2OS. The van der Waals surface area contributed by atoms with Crippen molar-refractivity contribution in [3.8, 4) is 6.07 Å². The predicted octanol–water partition coefficient (Wildman–Crippen LogP) is 1.65. The van der Waals surface area contributed by atoms with Crippen molar-refractivity contribution < 1.29 is 4.74 Å². The van der Waals surface area contributed by atoms with Crippen LogP contribution in [-0.4, -0.2) is 12.1 Å². The largest absolute Gasteiger partial charge is 0.494 e. The molecule has 0 aliphatic heterocycles. The third-order valence-electron chi connectivity index (χ3n) is 1.09. The number of thiazole rings is 1.